The van der Waals surface area contributed by atoms with Crippen LogP contribution in [-0.4, -0.2) is 15.3 Å². The van der Waals surface area contributed by atoms with Gasteiger partial charge in [-0.1, -0.05) is 42.5 Å². The lowest BCUT2D eigenvalue weighted by atomic mass is 10.1. The SMILES string of the molecule is CC(Nc1nc(-c2ccccc2)ns1)c1ccc(NC(=O)C2CC2)cc1. The van der Waals surface area contributed by atoms with Crippen molar-refractivity contribution < 1.29 is 4.79 Å². The Morgan fingerprint density at radius 2 is 1.85 bits per heavy atom. The highest BCUT2D eigenvalue weighted by Gasteiger charge is 2.29. The van der Waals surface area contributed by atoms with Gasteiger partial charge >= 0.3 is 0 Å². The van der Waals surface area contributed by atoms with E-state index < -0.39 is 0 Å². The van der Waals surface area contributed by atoms with Crippen molar-refractivity contribution in [3.8, 4) is 11.4 Å². The molecule has 0 aliphatic heterocycles. The van der Waals surface area contributed by atoms with E-state index in [2.05, 4.69) is 26.9 Å². The number of nitrogens with zero attached hydrogens (tertiary/aromatic N) is 2. The van der Waals surface area contributed by atoms with Crippen LogP contribution < -0.4 is 10.6 Å². The molecule has 1 atom stereocenters. The van der Waals surface area contributed by atoms with Crippen LogP contribution in [0.3, 0.4) is 0 Å². The van der Waals surface area contributed by atoms with Crippen LogP contribution in [0, 0.1) is 5.92 Å². The second-order valence-electron chi connectivity index (χ2n) is 6.54. The largest absolute Gasteiger partial charge is 0.354 e. The predicted octanol–water partition coefficient (Wildman–Crippen LogP) is 4.73. The van der Waals surface area contributed by atoms with Crippen LogP contribution in [0.2, 0.25) is 0 Å². The Morgan fingerprint density at radius 1 is 1.12 bits per heavy atom. The number of anilines is 2. The number of hydrogen-bond donors (Lipinski definition) is 2. The van der Waals surface area contributed by atoms with E-state index in [0.717, 1.165) is 40.6 Å². The summed E-state index contributed by atoms with van der Waals surface area (Å²) in [5.41, 5.74) is 2.99. The van der Waals surface area contributed by atoms with E-state index >= 15 is 0 Å². The molecular weight excluding hydrogens is 344 g/mol. The molecule has 0 radical (unpaired) electrons. The normalized spacial score (nSPS) is 14.7. The second-order valence-corrected chi connectivity index (χ2v) is 7.29. The van der Waals surface area contributed by atoms with Crippen molar-refractivity contribution >= 4 is 28.3 Å². The summed E-state index contributed by atoms with van der Waals surface area (Å²) >= 11 is 1.36. The highest BCUT2D eigenvalue weighted by atomic mass is 32.1. The van der Waals surface area contributed by atoms with Gasteiger partial charge in [0.1, 0.15) is 0 Å². The number of benzene rings is 2. The first-order valence-corrected chi connectivity index (χ1v) is 9.53. The fourth-order valence-corrected chi connectivity index (χ4v) is 3.38. The predicted molar refractivity (Wildman–Crippen MR) is 105 cm³/mol. The van der Waals surface area contributed by atoms with Gasteiger partial charge in [-0.2, -0.15) is 9.36 Å². The van der Waals surface area contributed by atoms with E-state index in [9.17, 15) is 4.79 Å². The van der Waals surface area contributed by atoms with Crippen molar-refractivity contribution in [1.29, 1.82) is 0 Å². The fraction of sp³-hybridized carbons (Fsp3) is 0.250. The molecule has 1 saturated carbocycles. The molecule has 26 heavy (non-hydrogen) atoms. The maximum absolute atomic E-state index is 11.8. The molecule has 1 aliphatic carbocycles. The molecule has 0 spiro atoms. The van der Waals surface area contributed by atoms with Crippen molar-refractivity contribution in [1.82, 2.24) is 9.36 Å². The molecule has 3 aromatic rings. The maximum Gasteiger partial charge on any atom is 0.227 e. The Balaban J connectivity index is 1.39. The quantitative estimate of drug-likeness (QED) is 0.664. The van der Waals surface area contributed by atoms with Crippen LogP contribution in [0.5, 0.6) is 0 Å². The summed E-state index contributed by atoms with van der Waals surface area (Å²) < 4.78 is 4.42. The van der Waals surface area contributed by atoms with Crippen LogP contribution in [0.1, 0.15) is 31.4 Å². The molecule has 2 N–H and O–H groups in total. The third-order valence-electron chi connectivity index (χ3n) is 4.42. The minimum atomic E-state index is 0.0970. The van der Waals surface area contributed by atoms with Crippen LogP contribution >= 0.6 is 11.5 Å². The first kappa shape index (κ1) is 16.7. The van der Waals surface area contributed by atoms with E-state index in [0.29, 0.717) is 0 Å². The Bertz CT molecular complexity index is 888. The van der Waals surface area contributed by atoms with E-state index in [1.54, 1.807) is 0 Å². The van der Waals surface area contributed by atoms with Gasteiger partial charge in [0.2, 0.25) is 11.0 Å². The van der Waals surface area contributed by atoms with E-state index in [4.69, 9.17) is 0 Å². The third kappa shape index (κ3) is 3.91. The van der Waals surface area contributed by atoms with Gasteiger partial charge in [-0.05, 0) is 37.5 Å². The average molecular weight is 364 g/mol. The molecule has 1 unspecified atom stereocenters. The van der Waals surface area contributed by atoms with E-state index in [-0.39, 0.29) is 17.9 Å². The molecule has 1 amide bonds. The van der Waals surface area contributed by atoms with Gasteiger partial charge in [0.15, 0.2) is 5.82 Å². The summed E-state index contributed by atoms with van der Waals surface area (Å²) in [5.74, 6) is 1.08. The zero-order valence-electron chi connectivity index (χ0n) is 14.5. The average Bonchev–Trinajstić information content (AvgIpc) is 3.43. The number of rotatable bonds is 6. The lowest BCUT2D eigenvalue weighted by Crippen LogP contribution is -2.13. The highest BCUT2D eigenvalue weighted by Crippen LogP contribution is 2.30. The molecular formula is C20H20N4OS. The molecule has 6 heteroatoms. The zero-order valence-corrected chi connectivity index (χ0v) is 15.3. The summed E-state index contributed by atoms with van der Waals surface area (Å²) in [4.78, 5) is 16.4. The van der Waals surface area contributed by atoms with Crippen molar-refractivity contribution in [3.63, 3.8) is 0 Å². The summed E-state index contributed by atoms with van der Waals surface area (Å²) in [6, 6.07) is 18.0. The van der Waals surface area contributed by atoms with E-state index in [1.165, 1.54) is 11.5 Å². The molecule has 0 saturated heterocycles. The Labute approximate surface area is 156 Å². The van der Waals surface area contributed by atoms with Gasteiger partial charge in [-0.25, -0.2) is 0 Å². The lowest BCUT2D eigenvalue weighted by Gasteiger charge is -2.13. The van der Waals surface area contributed by atoms with Crippen LogP contribution in [0.25, 0.3) is 11.4 Å². The number of carbonyl (C=O) groups excluding carboxylic acids is 1. The highest BCUT2D eigenvalue weighted by molar-refractivity contribution is 7.09. The molecule has 1 aromatic heterocycles. The fourth-order valence-electron chi connectivity index (χ4n) is 2.70. The second kappa shape index (κ2) is 7.25. The number of carbonyl (C=O) groups is 1. The molecule has 4 rings (SSSR count). The minimum absolute atomic E-state index is 0.0970. The Kier molecular flexibility index (Phi) is 4.67. The van der Waals surface area contributed by atoms with Crippen molar-refractivity contribution in [2.75, 3.05) is 10.6 Å². The van der Waals surface area contributed by atoms with E-state index in [1.807, 2.05) is 54.6 Å². The zero-order chi connectivity index (χ0) is 17.9. The maximum atomic E-state index is 11.8. The smallest absolute Gasteiger partial charge is 0.227 e. The monoisotopic (exact) mass is 364 g/mol. The number of aromatic nitrogens is 2. The summed E-state index contributed by atoms with van der Waals surface area (Å²) in [6.45, 7) is 2.08. The molecule has 132 valence electrons. The first-order chi connectivity index (χ1) is 12.7. The Hall–Kier alpha value is -2.73. The van der Waals surface area contributed by atoms with Gasteiger partial charge in [0.05, 0.1) is 6.04 Å². The number of nitrogens with one attached hydrogen (secondary N) is 2. The standard InChI is InChI=1S/C20H20N4OS/c1-13(14-9-11-17(12-10-14)22-19(25)16-7-8-16)21-20-23-18(24-26-20)15-5-3-2-4-6-15/h2-6,9-13,16H,7-8H2,1H3,(H,22,25)(H,21,23,24). The number of hydrogen-bond acceptors (Lipinski definition) is 5. The van der Waals surface area contributed by atoms with Gasteiger partial charge in [0.25, 0.3) is 0 Å². The molecule has 0 bridgehead atoms. The first-order valence-electron chi connectivity index (χ1n) is 8.75. The topological polar surface area (TPSA) is 66.9 Å². The molecule has 1 fully saturated rings. The molecule has 2 aromatic carbocycles. The summed E-state index contributed by atoms with van der Waals surface area (Å²) in [6.07, 6.45) is 2.02. The lowest BCUT2D eigenvalue weighted by molar-refractivity contribution is -0.117. The van der Waals surface area contributed by atoms with Crippen LogP contribution in [-0.2, 0) is 4.79 Å². The molecule has 5 nitrogen and oxygen atoms in total. The van der Waals surface area contributed by atoms with Crippen molar-refractivity contribution in [2.24, 2.45) is 5.92 Å². The van der Waals surface area contributed by atoms with Crippen LogP contribution in [0.15, 0.2) is 54.6 Å². The minimum Gasteiger partial charge on any atom is -0.354 e. The van der Waals surface area contributed by atoms with Crippen molar-refractivity contribution in [2.45, 2.75) is 25.8 Å². The van der Waals surface area contributed by atoms with Gasteiger partial charge in [-0.15, -0.1) is 0 Å². The number of amides is 1. The Morgan fingerprint density at radius 3 is 2.54 bits per heavy atom. The van der Waals surface area contributed by atoms with Gasteiger partial charge in [-0.3, -0.25) is 4.79 Å². The summed E-state index contributed by atoms with van der Waals surface area (Å²) in [7, 11) is 0. The molecule has 1 heterocycles. The summed E-state index contributed by atoms with van der Waals surface area (Å²) in [5, 5.41) is 7.15. The molecule has 1 aliphatic rings. The van der Waals surface area contributed by atoms with Gasteiger partial charge in [0, 0.05) is 28.7 Å². The van der Waals surface area contributed by atoms with Crippen molar-refractivity contribution in [3.05, 3.63) is 60.2 Å². The third-order valence-corrected chi connectivity index (χ3v) is 5.07. The van der Waals surface area contributed by atoms with Gasteiger partial charge < -0.3 is 10.6 Å². The van der Waals surface area contributed by atoms with Crippen LogP contribution in [0.4, 0.5) is 10.8 Å².